The van der Waals surface area contributed by atoms with E-state index in [2.05, 4.69) is 0 Å². The Kier molecular flexibility index (Phi) is 7.59. The fourth-order valence-electron chi connectivity index (χ4n) is 4.24. The highest BCUT2D eigenvalue weighted by Crippen LogP contribution is 2.44. The zero-order valence-electron chi connectivity index (χ0n) is 20.0. The Labute approximate surface area is 205 Å². The number of carboxylic acids is 1. The number of ether oxygens (including phenoxy) is 1. The van der Waals surface area contributed by atoms with Crippen molar-refractivity contribution in [2.24, 2.45) is 5.73 Å². The molecular weight excluding hydrogens is 444 g/mol. The second kappa shape index (κ2) is 10.4. The molecule has 1 atom stereocenters. The highest BCUT2D eigenvalue weighted by molar-refractivity contribution is 5.88. The number of benzene rings is 3. The van der Waals surface area contributed by atoms with Crippen molar-refractivity contribution in [2.75, 3.05) is 0 Å². The normalized spacial score (nSPS) is 12.4. The number of nitrogens with two attached hydrogens (primary N) is 1. The molecule has 3 aromatic rings. The van der Waals surface area contributed by atoms with E-state index in [0.717, 1.165) is 4.90 Å². The minimum Gasteiger partial charge on any atom is -0.480 e. The van der Waals surface area contributed by atoms with Crippen molar-refractivity contribution in [1.29, 1.82) is 0 Å². The van der Waals surface area contributed by atoms with E-state index < -0.39 is 41.6 Å². The van der Waals surface area contributed by atoms with Crippen molar-refractivity contribution in [2.45, 2.75) is 44.4 Å². The first-order valence-electron chi connectivity index (χ1n) is 11.3. The molecule has 1 unspecified atom stereocenters. The molecule has 35 heavy (non-hydrogen) atoms. The fraction of sp³-hybridized carbons (Fsp3) is 0.250. The van der Waals surface area contributed by atoms with E-state index in [1.54, 1.807) is 20.8 Å². The Balaban J connectivity index is 2.49. The largest absolute Gasteiger partial charge is 0.480 e. The molecule has 0 aliphatic rings. The molecule has 0 aliphatic heterocycles. The van der Waals surface area contributed by atoms with Crippen LogP contribution in [0.25, 0.3) is 0 Å². The number of carbonyl (C=O) groups is 3. The highest BCUT2D eigenvalue weighted by Gasteiger charge is 2.51. The number of nitrogens with zero attached hydrogens (tertiary/aromatic N) is 1. The maximum Gasteiger partial charge on any atom is 0.412 e. The van der Waals surface area contributed by atoms with E-state index in [4.69, 9.17) is 10.5 Å². The van der Waals surface area contributed by atoms with Crippen molar-refractivity contribution in [3.8, 4) is 0 Å². The molecule has 0 bridgehead atoms. The molecule has 3 rings (SSSR count). The molecule has 3 aromatic carbocycles. The van der Waals surface area contributed by atoms with Crippen molar-refractivity contribution in [3.63, 3.8) is 0 Å². The molecule has 0 fully saturated rings. The fourth-order valence-corrected chi connectivity index (χ4v) is 4.24. The number of hydrogen-bond acceptors (Lipinski definition) is 4. The standard InChI is InChI=1S/C28H30N2O5/c1-27(2,3)35-26(34)30(23(25(32)33)19-24(29)31)28(20-13-7-4-8-14-20,21-15-9-5-10-16-21)22-17-11-6-12-18-22/h4-18,23H,19H2,1-3H3,(H2,29,31)(H,32,33). The van der Waals surface area contributed by atoms with Gasteiger partial charge in [-0.25, -0.2) is 9.59 Å². The first-order chi connectivity index (χ1) is 16.6. The van der Waals surface area contributed by atoms with Crippen LogP contribution in [0.5, 0.6) is 0 Å². The van der Waals surface area contributed by atoms with E-state index in [-0.39, 0.29) is 0 Å². The second-order valence-corrected chi connectivity index (χ2v) is 9.18. The van der Waals surface area contributed by atoms with Gasteiger partial charge in [0, 0.05) is 0 Å². The number of hydrogen-bond donors (Lipinski definition) is 2. The topological polar surface area (TPSA) is 110 Å². The SMILES string of the molecule is CC(C)(C)OC(=O)N(C(CC(N)=O)C(=O)O)C(c1ccccc1)(c1ccccc1)c1ccccc1. The van der Waals surface area contributed by atoms with Crippen LogP contribution in [0.1, 0.15) is 43.9 Å². The summed E-state index contributed by atoms with van der Waals surface area (Å²) >= 11 is 0. The van der Waals surface area contributed by atoms with Crippen LogP contribution in [0.4, 0.5) is 4.79 Å². The van der Waals surface area contributed by atoms with Crippen LogP contribution in [0.2, 0.25) is 0 Å². The van der Waals surface area contributed by atoms with Crippen LogP contribution in [0, 0.1) is 0 Å². The lowest BCUT2D eigenvalue weighted by molar-refractivity contribution is -0.147. The summed E-state index contributed by atoms with van der Waals surface area (Å²) in [5.74, 6) is -2.23. The van der Waals surface area contributed by atoms with Crippen molar-refractivity contribution in [3.05, 3.63) is 108 Å². The van der Waals surface area contributed by atoms with Gasteiger partial charge in [-0.15, -0.1) is 0 Å². The van der Waals surface area contributed by atoms with Crippen LogP contribution < -0.4 is 5.73 Å². The minimum atomic E-state index is -1.61. The maximum absolute atomic E-state index is 13.9. The van der Waals surface area contributed by atoms with E-state index in [0.29, 0.717) is 16.7 Å². The molecule has 2 amide bonds. The van der Waals surface area contributed by atoms with Gasteiger partial charge in [-0.2, -0.15) is 0 Å². The lowest BCUT2D eigenvalue weighted by Crippen LogP contribution is -2.59. The molecule has 7 heteroatoms. The molecule has 182 valence electrons. The Morgan fingerprint density at radius 2 is 1.17 bits per heavy atom. The Bertz CT molecular complexity index is 1060. The number of carboxylic acid groups (broad SMARTS) is 1. The third-order valence-electron chi connectivity index (χ3n) is 5.52. The van der Waals surface area contributed by atoms with Gasteiger partial charge in [0.1, 0.15) is 17.2 Å². The van der Waals surface area contributed by atoms with Crippen LogP contribution in [0.15, 0.2) is 91.0 Å². The number of carbonyl (C=O) groups excluding carboxylic acids is 2. The average Bonchev–Trinajstić information content (AvgIpc) is 2.81. The molecule has 0 aromatic heterocycles. The predicted octanol–water partition coefficient (Wildman–Crippen LogP) is 4.54. The van der Waals surface area contributed by atoms with Gasteiger partial charge in [0.2, 0.25) is 5.91 Å². The molecule has 0 radical (unpaired) electrons. The molecule has 0 saturated carbocycles. The van der Waals surface area contributed by atoms with Crippen molar-refractivity contribution >= 4 is 18.0 Å². The molecule has 7 nitrogen and oxygen atoms in total. The van der Waals surface area contributed by atoms with Gasteiger partial charge in [0.25, 0.3) is 0 Å². The lowest BCUT2D eigenvalue weighted by Gasteiger charge is -2.47. The van der Waals surface area contributed by atoms with Gasteiger partial charge in [-0.1, -0.05) is 91.0 Å². The third kappa shape index (κ3) is 5.51. The van der Waals surface area contributed by atoms with E-state index in [9.17, 15) is 19.5 Å². The molecule has 0 saturated heterocycles. The molecule has 3 N–H and O–H groups in total. The molecule has 0 spiro atoms. The second-order valence-electron chi connectivity index (χ2n) is 9.18. The Morgan fingerprint density at radius 1 is 0.800 bits per heavy atom. The summed E-state index contributed by atoms with van der Waals surface area (Å²) < 4.78 is 5.75. The predicted molar refractivity (Wildman–Crippen MR) is 133 cm³/mol. The lowest BCUT2D eigenvalue weighted by atomic mass is 9.74. The number of amides is 2. The van der Waals surface area contributed by atoms with Gasteiger partial charge in [0.05, 0.1) is 6.42 Å². The van der Waals surface area contributed by atoms with Gasteiger partial charge in [-0.05, 0) is 37.5 Å². The van der Waals surface area contributed by atoms with Gasteiger partial charge < -0.3 is 15.6 Å². The van der Waals surface area contributed by atoms with Crippen molar-refractivity contribution in [1.82, 2.24) is 4.90 Å². The maximum atomic E-state index is 13.9. The average molecular weight is 475 g/mol. The summed E-state index contributed by atoms with van der Waals surface area (Å²) in [6, 6.07) is 25.7. The van der Waals surface area contributed by atoms with Crippen molar-refractivity contribution < 1.29 is 24.2 Å². The Morgan fingerprint density at radius 3 is 1.46 bits per heavy atom. The monoisotopic (exact) mass is 474 g/mol. The summed E-state index contributed by atoms with van der Waals surface area (Å²) in [7, 11) is 0. The zero-order chi connectivity index (χ0) is 25.6. The number of aliphatic carboxylic acids is 1. The summed E-state index contributed by atoms with van der Waals surface area (Å²) in [4.78, 5) is 39.8. The number of primary amides is 1. The molecular formula is C28H30N2O5. The van der Waals surface area contributed by atoms with Crippen LogP contribution in [-0.2, 0) is 19.9 Å². The van der Waals surface area contributed by atoms with Crippen LogP contribution >= 0.6 is 0 Å². The van der Waals surface area contributed by atoms with E-state index in [1.807, 2.05) is 91.0 Å². The van der Waals surface area contributed by atoms with Gasteiger partial charge in [0.15, 0.2) is 0 Å². The quantitative estimate of drug-likeness (QED) is 0.466. The van der Waals surface area contributed by atoms with Gasteiger partial charge in [-0.3, -0.25) is 9.69 Å². The third-order valence-corrected chi connectivity index (χ3v) is 5.52. The zero-order valence-corrected chi connectivity index (χ0v) is 20.0. The molecule has 0 heterocycles. The smallest absolute Gasteiger partial charge is 0.412 e. The summed E-state index contributed by atoms with van der Waals surface area (Å²) in [5, 5.41) is 10.3. The van der Waals surface area contributed by atoms with Crippen LogP contribution in [-0.4, -0.2) is 39.6 Å². The van der Waals surface area contributed by atoms with E-state index in [1.165, 1.54) is 0 Å². The minimum absolute atomic E-state index is 0.594. The first kappa shape index (κ1) is 25.5. The summed E-state index contributed by atoms with van der Waals surface area (Å²) in [5.41, 5.74) is 4.96. The van der Waals surface area contributed by atoms with Crippen LogP contribution in [0.3, 0.4) is 0 Å². The highest BCUT2D eigenvalue weighted by atomic mass is 16.6. The Hall–Kier alpha value is -4.13. The summed E-state index contributed by atoms with van der Waals surface area (Å²) in [6.07, 6.45) is -1.48. The van der Waals surface area contributed by atoms with Gasteiger partial charge >= 0.3 is 12.1 Å². The van der Waals surface area contributed by atoms with E-state index >= 15 is 0 Å². The first-order valence-corrected chi connectivity index (χ1v) is 11.3. The summed E-state index contributed by atoms with van der Waals surface area (Å²) in [6.45, 7) is 5.09. The molecule has 0 aliphatic carbocycles. The number of rotatable bonds is 8.